The van der Waals surface area contributed by atoms with Crippen LogP contribution in [0.5, 0.6) is 0 Å². The average Bonchev–Trinajstić information content (AvgIpc) is 2.52. The summed E-state index contributed by atoms with van der Waals surface area (Å²) >= 11 is 0. The summed E-state index contributed by atoms with van der Waals surface area (Å²) in [5, 5.41) is 12.2. The molecule has 2 saturated carbocycles. The van der Waals surface area contributed by atoms with Crippen molar-refractivity contribution in [3.8, 4) is 0 Å². The van der Waals surface area contributed by atoms with Crippen LogP contribution in [0.3, 0.4) is 0 Å². The molecule has 68 valence electrons. The second-order valence-corrected chi connectivity index (χ2v) is 4.94. The molecule has 0 aliphatic heterocycles. The lowest BCUT2D eigenvalue weighted by molar-refractivity contribution is 0.178. The smallest absolute Gasteiger partial charge is 0.0607 e. The number of fused-ring (bicyclic) bond motifs is 2. The lowest BCUT2D eigenvalue weighted by Gasteiger charge is -2.36. The van der Waals surface area contributed by atoms with Gasteiger partial charge in [-0.25, -0.2) is 0 Å². The van der Waals surface area contributed by atoms with Gasteiger partial charge >= 0.3 is 0 Å². The molecular weight excluding hydrogens is 150 g/mol. The van der Waals surface area contributed by atoms with E-state index in [0.717, 1.165) is 18.1 Å². The fourth-order valence-electron chi connectivity index (χ4n) is 2.99. The van der Waals surface area contributed by atoms with Crippen LogP contribution in [0, 0.1) is 23.2 Å². The molecule has 2 heteroatoms. The molecule has 2 nitrogen and oxygen atoms in total. The maximum atomic E-state index is 8.76. The molecule has 0 heterocycles. The van der Waals surface area contributed by atoms with Crippen LogP contribution in [-0.2, 0) is 0 Å². The van der Waals surface area contributed by atoms with Gasteiger partial charge in [0.15, 0.2) is 0 Å². The van der Waals surface area contributed by atoms with Crippen LogP contribution in [-0.4, -0.2) is 10.9 Å². The minimum Gasteiger partial charge on any atom is -0.411 e. The first kappa shape index (κ1) is 8.09. The Morgan fingerprint density at radius 1 is 1.50 bits per heavy atom. The summed E-state index contributed by atoms with van der Waals surface area (Å²) in [7, 11) is 0. The quantitative estimate of drug-likeness (QED) is 0.436. The fraction of sp³-hybridized carbons (Fsp3) is 0.900. The lowest BCUT2D eigenvalue weighted by atomic mass is 9.69. The van der Waals surface area contributed by atoms with E-state index >= 15 is 0 Å². The van der Waals surface area contributed by atoms with Crippen molar-refractivity contribution >= 4 is 5.71 Å². The lowest BCUT2D eigenvalue weighted by Crippen LogP contribution is -2.33. The maximum Gasteiger partial charge on any atom is 0.0607 e. The van der Waals surface area contributed by atoms with E-state index in [9.17, 15) is 0 Å². The van der Waals surface area contributed by atoms with Crippen LogP contribution in [0.15, 0.2) is 5.16 Å². The summed E-state index contributed by atoms with van der Waals surface area (Å²) in [6.07, 6.45) is 2.27. The number of hydrogen-bond acceptors (Lipinski definition) is 2. The van der Waals surface area contributed by atoms with Crippen LogP contribution in [0.1, 0.15) is 33.6 Å². The van der Waals surface area contributed by atoms with Crippen molar-refractivity contribution in [1.29, 1.82) is 0 Å². The molecule has 2 aliphatic carbocycles. The van der Waals surface area contributed by atoms with E-state index in [1.165, 1.54) is 6.42 Å². The zero-order chi connectivity index (χ0) is 8.93. The van der Waals surface area contributed by atoms with Gasteiger partial charge in [0, 0.05) is 5.92 Å². The largest absolute Gasteiger partial charge is 0.411 e. The van der Waals surface area contributed by atoms with Gasteiger partial charge in [0.25, 0.3) is 0 Å². The van der Waals surface area contributed by atoms with Gasteiger partial charge in [-0.2, -0.15) is 0 Å². The molecule has 0 aromatic rings. The summed E-state index contributed by atoms with van der Waals surface area (Å²) in [6, 6.07) is 0. The third kappa shape index (κ3) is 0.782. The Labute approximate surface area is 73.7 Å². The Morgan fingerprint density at radius 2 is 2.17 bits per heavy atom. The van der Waals surface area contributed by atoms with Crippen molar-refractivity contribution in [2.75, 3.05) is 0 Å². The van der Waals surface area contributed by atoms with Crippen molar-refractivity contribution in [3.05, 3.63) is 0 Å². The van der Waals surface area contributed by atoms with Crippen LogP contribution in [0.25, 0.3) is 0 Å². The Morgan fingerprint density at radius 3 is 2.58 bits per heavy atom. The predicted octanol–water partition coefficient (Wildman–Crippen LogP) is 2.52. The highest BCUT2D eigenvalue weighted by atomic mass is 16.4. The summed E-state index contributed by atoms with van der Waals surface area (Å²) in [5.41, 5.74) is 1.51. The molecule has 0 unspecified atom stereocenters. The number of nitrogens with zero attached hydrogens (tertiary/aromatic N) is 1. The van der Waals surface area contributed by atoms with E-state index in [4.69, 9.17) is 5.21 Å². The van der Waals surface area contributed by atoms with Crippen LogP contribution in [0.2, 0.25) is 0 Å². The molecule has 1 N–H and O–H groups in total. The van der Waals surface area contributed by atoms with Gasteiger partial charge in [0.1, 0.15) is 0 Å². The molecule has 2 rings (SSSR count). The van der Waals surface area contributed by atoms with Gasteiger partial charge in [-0.3, -0.25) is 0 Å². The summed E-state index contributed by atoms with van der Waals surface area (Å²) in [5.74, 6) is 2.00. The van der Waals surface area contributed by atoms with Crippen LogP contribution >= 0.6 is 0 Å². The average molecular weight is 167 g/mol. The molecule has 0 amide bonds. The Kier molecular flexibility index (Phi) is 1.51. The molecule has 0 radical (unpaired) electrons. The second-order valence-electron chi connectivity index (χ2n) is 4.94. The SMILES string of the molecule is C[C@H]1[C@@H]2C[C@H](C/C2=N/O)C1(C)C. The van der Waals surface area contributed by atoms with E-state index < -0.39 is 0 Å². The Bertz CT molecular complexity index is 228. The van der Waals surface area contributed by atoms with Crippen molar-refractivity contribution in [2.24, 2.45) is 28.3 Å². The molecule has 0 saturated heterocycles. The molecule has 3 atom stereocenters. The zero-order valence-electron chi connectivity index (χ0n) is 8.04. The van der Waals surface area contributed by atoms with Crippen molar-refractivity contribution in [1.82, 2.24) is 0 Å². The van der Waals surface area contributed by atoms with E-state index in [1.807, 2.05) is 0 Å². The Hall–Kier alpha value is -0.530. The van der Waals surface area contributed by atoms with E-state index in [1.54, 1.807) is 0 Å². The van der Waals surface area contributed by atoms with Gasteiger partial charge in [-0.05, 0) is 30.1 Å². The minimum atomic E-state index is 0.457. The van der Waals surface area contributed by atoms with E-state index in [2.05, 4.69) is 25.9 Å². The highest BCUT2D eigenvalue weighted by molar-refractivity contribution is 5.90. The van der Waals surface area contributed by atoms with Gasteiger partial charge in [-0.1, -0.05) is 25.9 Å². The molecule has 2 aliphatic rings. The monoisotopic (exact) mass is 167 g/mol. The van der Waals surface area contributed by atoms with Gasteiger partial charge < -0.3 is 5.21 Å². The van der Waals surface area contributed by atoms with E-state index in [-0.39, 0.29) is 0 Å². The fourth-order valence-corrected chi connectivity index (χ4v) is 2.99. The first-order valence-electron chi connectivity index (χ1n) is 4.78. The second kappa shape index (κ2) is 2.24. The van der Waals surface area contributed by atoms with Gasteiger partial charge in [0.2, 0.25) is 0 Å². The summed E-state index contributed by atoms with van der Waals surface area (Å²) in [4.78, 5) is 0. The first-order valence-corrected chi connectivity index (χ1v) is 4.78. The minimum absolute atomic E-state index is 0.457. The summed E-state index contributed by atoms with van der Waals surface area (Å²) < 4.78 is 0. The van der Waals surface area contributed by atoms with Gasteiger partial charge in [0.05, 0.1) is 5.71 Å². The number of hydrogen-bond donors (Lipinski definition) is 1. The zero-order valence-corrected chi connectivity index (χ0v) is 8.04. The summed E-state index contributed by atoms with van der Waals surface area (Å²) in [6.45, 7) is 6.97. The van der Waals surface area contributed by atoms with Crippen molar-refractivity contribution < 1.29 is 5.21 Å². The van der Waals surface area contributed by atoms with Gasteiger partial charge in [-0.15, -0.1) is 0 Å². The number of rotatable bonds is 0. The third-order valence-corrected chi connectivity index (χ3v) is 4.38. The molecule has 12 heavy (non-hydrogen) atoms. The highest BCUT2D eigenvalue weighted by Crippen LogP contribution is 2.57. The normalized spacial score (nSPS) is 47.2. The molecule has 0 aromatic carbocycles. The van der Waals surface area contributed by atoms with Crippen molar-refractivity contribution in [2.45, 2.75) is 33.6 Å². The number of oxime groups is 1. The first-order chi connectivity index (χ1) is 5.57. The highest BCUT2D eigenvalue weighted by Gasteiger charge is 2.53. The molecule has 0 spiro atoms. The maximum absolute atomic E-state index is 8.76. The molecular formula is C10H17NO. The topological polar surface area (TPSA) is 32.6 Å². The van der Waals surface area contributed by atoms with Crippen LogP contribution < -0.4 is 0 Å². The standard InChI is InChI=1S/C10H17NO/c1-6-8-4-7(10(6,2)3)5-9(8)11-12/h6-8,12H,4-5H2,1-3H3/b11-9-/t6-,7+,8-/m0/s1. The molecule has 0 aromatic heterocycles. The third-order valence-electron chi connectivity index (χ3n) is 4.38. The molecule has 2 fully saturated rings. The predicted molar refractivity (Wildman–Crippen MR) is 48.4 cm³/mol. The van der Waals surface area contributed by atoms with Crippen molar-refractivity contribution in [3.63, 3.8) is 0 Å². The van der Waals surface area contributed by atoms with E-state index in [0.29, 0.717) is 17.3 Å². The molecule has 2 bridgehead atoms. The Balaban J connectivity index is 2.29. The van der Waals surface area contributed by atoms with Crippen LogP contribution in [0.4, 0.5) is 0 Å².